The standard InChI is InChI=1S/C22H18ClN3O4/c23-18-9-5-4-8-16(18)21(28)17-10-11-24-12-19(17)26-20(27)13-25-22(29)30-14-15-6-2-1-3-7-15/h1-12H,13-14H2,(H,25,29)(H,26,27). The predicted molar refractivity (Wildman–Crippen MR) is 112 cm³/mol. The van der Waals surface area contributed by atoms with Crippen LogP contribution in [0.3, 0.4) is 0 Å². The van der Waals surface area contributed by atoms with Gasteiger partial charge in [0.1, 0.15) is 13.2 Å². The summed E-state index contributed by atoms with van der Waals surface area (Å²) >= 11 is 6.10. The number of benzene rings is 2. The number of amides is 2. The normalized spacial score (nSPS) is 10.2. The first-order valence-corrected chi connectivity index (χ1v) is 9.40. The summed E-state index contributed by atoms with van der Waals surface area (Å²) in [6.45, 7) is -0.240. The Kier molecular flexibility index (Phi) is 7.13. The minimum absolute atomic E-state index is 0.0907. The van der Waals surface area contributed by atoms with Crippen molar-refractivity contribution in [3.8, 4) is 0 Å². The van der Waals surface area contributed by atoms with Crippen molar-refractivity contribution in [2.24, 2.45) is 0 Å². The summed E-state index contributed by atoms with van der Waals surface area (Å²) < 4.78 is 5.05. The van der Waals surface area contributed by atoms with E-state index in [1.165, 1.54) is 18.5 Å². The van der Waals surface area contributed by atoms with E-state index in [1.807, 2.05) is 30.3 Å². The minimum atomic E-state index is -0.729. The number of pyridine rings is 1. The van der Waals surface area contributed by atoms with Crippen LogP contribution < -0.4 is 10.6 Å². The number of carbonyl (C=O) groups is 3. The van der Waals surface area contributed by atoms with E-state index in [-0.39, 0.29) is 30.2 Å². The number of nitrogens with zero attached hydrogens (tertiary/aromatic N) is 1. The van der Waals surface area contributed by atoms with Gasteiger partial charge in [-0.05, 0) is 23.8 Å². The Morgan fingerprint density at radius 2 is 1.67 bits per heavy atom. The number of hydrogen-bond acceptors (Lipinski definition) is 5. The fourth-order valence-electron chi connectivity index (χ4n) is 2.60. The van der Waals surface area contributed by atoms with Gasteiger partial charge >= 0.3 is 6.09 Å². The Morgan fingerprint density at radius 3 is 2.43 bits per heavy atom. The lowest BCUT2D eigenvalue weighted by atomic mass is 10.0. The molecule has 152 valence electrons. The van der Waals surface area contributed by atoms with Gasteiger partial charge in [0.2, 0.25) is 5.91 Å². The summed E-state index contributed by atoms with van der Waals surface area (Å²) in [5, 5.41) is 5.24. The van der Waals surface area contributed by atoms with E-state index >= 15 is 0 Å². The monoisotopic (exact) mass is 423 g/mol. The Morgan fingerprint density at radius 1 is 0.933 bits per heavy atom. The fourth-order valence-corrected chi connectivity index (χ4v) is 2.83. The number of hydrogen-bond donors (Lipinski definition) is 2. The molecule has 3 rings (SSSR count). The number of anilines is 1. The van der Waals surface area contributed by atoms with Crippen LogP contribution in [-0.2, 0) is 16.1 Å². The molecule has 0 aliphatic carbocycles. The lowest BCUT2D eigenvalue weighted by Crippen LogP contribution is -2.33. The molecule has 0 radical (unpaired) electrons. The van der Waals surface area contributed by atoms with Crippen molar-refractivity contribution in [1.29, 1.82) is 0 Å². The molecule has 0 aliphatic heterocycles. The molecule has 0 unspecified atom stereocenters. The molecule has 8 heteroatoms. The van der Waals surface area contributed by atoms with Gasteiger partial charge in [-0.2, -0.15) is 0 Å². The van der Waals surface area contributed by atoms with Crippen molar-refractivity contribution in [2.45, 2.75) is 6.61 Å². The third-order valence-electron chi connectivity index (χ3n) is 4.06. The van der Waals surface area contributed by atoms with Gasteiger partial charge in [-0.3, -0.25) is 14.6 Å². The molecule has 0 saturated heterocycles. The zero-order valence-electron chi connectivity index (χ0n) is 15.8. The molecule has 3 aromatic rings. The average molecular weight is 424 g/mol. The maximum Gasteiger partial charge on any atom is 0.407 e. The number of rotatable bonds is 7. The average Bonchev–Trinajstić information content (AvgIpc) is 2.77. The maximum atomic E-state index is 12.8. The Bertz CT molecular complexity index is 1060. The molecular formula is C22H18ClN3O4. The molecule has 1 aromatic heterocycles. The maximum absolute atomic E-state index is 12.8. The first-order valence-electron chi connectivity index (χ1n) is 9.02. The molecular weight excluding hydrogens is 406 g/mol. The van der Waals surface area contributed by atoms with Crippen molar-refractivity contribution in [3.63, 3.8) is 0 Å². The van der Waals surface area contributed by atoms with Crippen molar-refractivity contribution in [1.82, 2.24) is 10.3 Å². The highest BCUT2D eigenvalue weighted by Crippen LogP contribution is 2.23. The highest BCUT2D eigenvalue weighted by Gasteiger charge is 2.18. The van der Waals surface area contributed by atoms with E-state index in [2.05, 4.69) is 15.6 Å². The number of aromatic nitrogens is 1. The molecule has 2 aromatic carbocycles. The van der Waals surface area contributed by atoms with E-state index < -0.39 is 12.0 Å². The van der Waals surface area contributed by atoms with Crippen LogP contribution in [0, 0.1) is 0 Å². The van der Waals surface area contributed by atoms with Crippen molar-refractivity contribution in [3.05, 3.63) is 94.8 Å². The number of alkyl carbamates (subject to hydrolysis) is 1. The summed E-state index contributed by atoms with van der Waals surface area (Å²) in [5.74, 6) is -0.888. The third-order valence-corrected chi connectivity index (χ3v) is 4.39. The summed E-state index contributed by atoms with van der Waals surface area (Å²) in [7, 11) is 0. The van der Waals surface area contributed by atoms with Gasteiger partial charge in [0, 0.05) is 17.3 Å². The molecule has 1 heterocycles. The predicted octanol–water partition coefficient (Wildman–Crippen LogP) is 3.83. The third kappa shape index (κ3) is 5.65. The molecule has 0 bridgehead atoms. The summed E-state index contributed by atoms with van der Waals surface area (Å²) in [6, 6.07) is 17.3. The Labute approximate surface area is 178 Å². The minimum Gasteiger partial charge on any atom is -0.445 e. The molecule has 0 aliphatic rings. The zero-order chi connectivity index (χ0) is 21.3. The van der Waals surface area contributed by atoms with Gasteiger partial charge in [0.25, 0.3) is 0 Å². The number of ketones is 1. The van der Waals surface area contributed by atoms with Gasteiger partial charge in [0.05, 0.1) is 16.9 Å². The number of nitrogens with one attached hydrogen (secondary N) is 2. The van der Waals surface area contributed by atoms with Crippen LogP contribution in [0.25, 0.3) is 0 Å². The van der Waals surface area contributed by atoms with Crippen LogP contribution in [0.2, 0.25) is 5.02 Å². The summed E-state index contributed by atoms with van der Waals surface area (Å²) in [6.07, 6.45) is 2.07. The molecule has 0 saturated carbocycles. The fraction of sp³-hybridized carbons (Fsp3) is 0.0909. The topological polar surface area (TPSA) is 97.4 Å². The second-order valence-electron chi connectivity index (χ2n) is 6.19. The van der Waals surface area contributed by atoms with Gasteiger partial charge in [-0.15, -0.1) is 0 Å². The van der Waals surface area contributed by atoms with E-state index in [0.717, 1.165) is 5.56 Å². The van der Waals surface area contributed by atoms with E-state index in [4.69, 9.17) is 16.3 Å². The second kappa shape index (κ2) is 10.2. The van der Waals surface area contributed by atoms with E-state index in [9.17, 15) is 14.4 Å². The SMILES string of the molecule is O=C(CNC(=O)OCc1ccccc1)Nc1cnccc1C(=O)c1ccccc1Cl. The van der Waals surface area contributed by atoms with E-state index in [0.29, 0.717) is 10.6 Å². The molecule has 0 spiro atoms. The van der Waals surface area contributed by atoms with E-state index in [1.54, 1.807) is 24.3 Å². The van der Waals surface area contributed by atoms with Crippen molar-refractivity contribution in [2.75, 3.05) is 11.9 Å². The highest BCUT2D eigenvalue weighted by molar-refractivity contribution is 6.35. The molecule has 7 nitrogen and oxygen atoms in total. The highest BCUT2D eigenvalue weighted by atomic mass is 35.5. The number of carbonyl (C=O) groups excluding carboxylic acids is 3. The molecule has 2 N–H and O–H groups in total. The van der Waals surface area contributed by atoms with Crippen molar-refractivity contribution < 1.29 is 19.1 Å². The van der Waals surface area contributed by atoms with Crippen LogP contribution >= 0.6 is 11.6 Å². The Hall–Kier alpha value is -3.71. The number of halogens is 1. The van der Waals surface area contributed by atoms with Gasteiger partial charge in [-0.1, -0.05) is 54.1 Å². The molecule has 2 amide bonds. The van der Waals surface area contributed by atoms with Crippen LogP contribution in [0.4, 0.5) is 10.5 Å². The summed E-state index contributed by atoms with van der Waals surface area (Å²) in [4.78, 5) is 40.7. The zero-order valence-corrected chi connectivity index (χ0v) is 16.6. The molecule has 30 heavy (non-hydrogen) atoms. The van der Waals surface area contributed by atoms with Gasteiger partial charge in [-0.25, -0.2) is 4.79 Å². The molecule has 0 fully saturated rings. The van der Waals surface area contributed by atoms with Crippen LogP contribution in [0.5, 0.6) is 0 Å². The number of ether oxygens (including phenoxy) is 1. The van der Waals surface area contributed by atoms with Gasteiger partial charge in [0.15, 0.2) is 5.78 Å². The van der Waals surface area contributed by atoms with Crippen molar-refractivity contribution >= 4 is 35.1 Å². The largest absolute Gasteiger partial charge is 0.445 e. The van der Waals surface area contributed by atoms with Gasteiger partial charge < -0.3 is 15.4 Å². The first kappa shape index (κ1) is 21.0. The van der Waals surface area contributed by atoms with Crippen LogP contribution in [0.15, 0.2) is 73.1 Å². The quantitative estimate of drug-likeness (QED) is 0.563. The lowest BCUT2D eigenvalue weighted by Gasteiger charge is -2.11. The smallest absolute Gasteiger partial charge is 0.407 e. The first-order chi connectivity index (χ1) is 14.5. The van der Waals surface area contributed by atoms with Crippen LogP contribution in [-0.4, -0.2) is 29.3 Å². The Balaban J connectivity index is 1.57. The van der Waals surface area contributed by atoms with Crippen LogP contribution in [0.1, 0.15) is 21.5 Å². The lowest BCUT2D eigenvalue weighted by molar-refractivity contribution is -0.115. The second-order valence-corrected chi connectivity index (χ2v) is 6.60. The summed E-state index contributed by atoms with van der Waals surface area (Å²) in [5.41, 5.74) is 1.59. The molecule has 0 atom stereocenters.